The molecule has 116 valence electrons. The van der Waals surface area contributed by atoms with Gasteiger partial charge in [0.2, 0.25) is 5.91 Å². The van der Waals surface area contributed by atoms with Gasteiger partial charge in [0.25, 0.3) is 0 Å². The largest absolute Gasteiger partial charge is 0.376 e. The summed E-state index contributed by atoms with van der Waals surface area (Å²) in [5.41, 5.74) is 2.89. The second-order valence-corrected chi connectivity index (χ2v) is 6.42. The fourth-order valence-corrected chi connectivity index (χ4v) is 3.72. The van der Waals surface area contributed by atoms with Gasteiger partial charge in [-0.1, -0.05) is 0 Å². The molecule has 21 heavy (non-hydrogen) atoms. The second kappa shape index (κ2) is 5.42. The first-order chi connectivity index (χ1) is 9.99. The van der Waals surface area contributed by atoms with Gasteiger partial charge in [-0.05, 0) is 34.4 Å². The van der Waals surface area contributed by atoms with Crippen LogP contribution in [0.25, 0.3) is 0 Å². The van der Waals surface area contributed by atoms with Gasteiger partial charge < -0.3 is 15.0 Å². The molecule has 6 heteroatoms. The number of aromatic nitrogens is 2. The topological polar surface area (TPSA) is 70.2 Å². The molecule has 1 amide bonds. The number of likely N-dealkylation sites (N-methyl/N-ethyl adjacent to an activating group) is 1. The van der Waals surface area contributed by atoms with Crippen molar-refractivity contribution in [2.75, 3.05) is 20.7 Å². The number of hydrogen-bond donors (Lipinski definition) is 2. The molecule has 2 N–H and O–H groups in total. The van der Waals surface area contributed by atoms with Gasteiger partial charge in [0, 0.05) is 23.8 Å². The first kappa shape index (κ1) is 14.5. The van der Waals surface area contributed by atoms with Crippen LogP contribution in [0.4, 0.5) is 0 Å². The average Bonchev–Trinajstić information content (AvgIpc) is 2.94. The Balaban J connectivity index is 1.64. The molecule has 1 saturated heterocycles. The maximum absolute atomic E-state index is 12.4. The summed E-state index contributed by atoms with van der Waals surface area (Å²) in [4.78, 5) is 14.5. The Labute approximate surface area is 125 Å². The maximum atomic E-state index is 12.4. The fraction of sp³-hybridized carbons (Fsp3) is 0.733. The molecule has 1 aliphatic carbocycles. The highest BCUT2D eigenvalue weighted by molar-refractivity contribution is 5.79. The van der Waals surface area contributed by atoms with Crippen molar-refractivity contribution in [3.05, 3.63) is 17.0 Å². The molecule has 6 nitrogen and oxygen atoms in total. The van der Waals surface area contributed by atoms with E-state index in [1.165, 1.54) is 0 Å². The number of nitrogens with zero attached hydrogens (tertiary/aromatic N) is 2. The van der Waals surface area contributed by atoms with Crippen molar-refractivity contribution >= 4 is 5.91 Å². The Morgan fingerprint density at radius 1 is 1.48 bits per heavy atom. The minimum absolute atomic E-state index is 0.0739. The number of aryl methyl sites for hydroxylation is 2. The van der Waals surface area contributed by atoms with E-state index in [-0.39, 0.29) is 24.1 Å². The molecule has 0 bridgehead atoms. The Morgan fingerprint density at radius 3 is 2.86 bits per heavy atom. The average molecular weight is 292 g/mol. The molecule has 1 aromatic rings. The van der Waals surface area contributed by atoms with E-state index in [2.05, 4.69) is 20.4 Å². The minimum Gasteiger partial charge on any atom is -0.376 e. The zero-order valence-corrected chi connectivity index (χ0v) is 13.1. The summed E-state index contributed by atoms with van der Waals surface area (Å²) in [5, 5.41) is 10.3. The molecule has 1 aliphatic heterocycles. The normalized spacial score (nSPS) is 31.1. The zero-order valence-electron chi connectivity index (χ0n) is 13.1. The summed E-state index contributed by atoms with van der Waals surface area (Å²) >= 11 is 0. The third-order valence-electron chi connectivity index (χ3n) is 4.89. The highest BCUT2D eigenvalue weighted by atomic mass is 16.5. The van der Waals surface area contributed by atoms with Crippen molar-refractivity contribution in [1.82, 2.24) is 20.4 Å². The van der Waals surface area contributed by atoms with Crippen LogP contribution in [0.2, 0.25) is 0 Å². The summed E-state index contributed by atoms with van der Waals surface area (Å²) in [7, 11) is 4.10. The molecule has 2 heterocycles. The summed E-state index contributed by atoms with van der Waals surface area (Å²) in [6.07, 6.45) is 1.72. The van der Waals surface area contributed by atoms with Crippen molar-refractivity contribution < 1.29 is 9.53 Å². The van der Waals surface area contributed by atoms with E-state index in [1.807, 2.05) is 27.9 Å². The molecule has 2 fully saturated rings. The lowest BCUT2D eigenvalue weighted by Gasteiger charge is -2.50. The number of nitrogens with one attached hydrogen (secondary N) is 2. The van der Waals surface area contributed by atoms with Crippen molar-refractivity contribution in [2.45, 2.75) is 44.9 Å². The van der Waals surface area contributed by atoms with Crippen LogP contribution in [0.15, 0.2) is 0 Å². The van der Waals surface area contributed by atoms with Gasteiger partial charge in [-0.15, -0.1) is 0 Å². The first-order valence-corrected chi connectivity index (χ1v) is 7.57. The van der Waals surface area contributed by atoms with Crippen LogP contribution in [0.5, 0.6) is 0 Å². The molecule has 0 spiro atoms. The predicted octanol–water partition coefficient (Wildman–Crippen LogP) is 0.403. The van der Waals surface area contributed by atoms with Crippen LogP contribution >= 0.6 is 0 Å². The van der Waals surface area contributed by atoms with Crippen LogP contribution < -0.4 is 5.32 Å². The molecule has 1 saturated carbocycles. The SMILES string of the molecule is Cc1n[nH]c(C)c1CC(=O)N[C@H]1[C@H]2CCO[C@H]2[C@@H]1N(C)C. The van der Waals surface area contributed by atoms with E-state index < -0.39 is 0 Å². The zero-order chi connectivity index (χ0) is 15.1. The van der Waals surface area contributed by atoms with Crippen LogP contribution in [0.3, 0.4) is 0 Å². The van der Waals surface area contributed by atoms with Crippen molar-refractivity contribution in [1.29, 1.82) is 0 Å². The molecular weight excluding hydrogens is 268 g/mol. The molecule has 3 rings (SSSR count). The van der Waals surface area contributed by atoms with E-state index in [9.17, 15) is 4.79 Å². The lowest BCUT2D eigenvalue weighted by Crippen LogP contribution is -2.69. The highest BCUT2D eigenvalue weighted by Gasteiger charge is 2.55. The van der Waals surface area contributed by atoms with E-state index in [0.717, 1.165) is 30.0 Å². The van der Waals surface area contributed by atoms with E-state index in [4.69, 9.17) is 4.74 Å². The van der Waals surface area contributed by atoms with Gasteiger partial charge >= 0.3 is 0 Å². The third kappa shape index (κ3) is 2.46. The van der Waals surface area contributed by atoms with E-state index in [1.54, 1.807) is 0 Å². The van der Waals surface area contributed by atoms with Gasteiger partial charge in [0.15, 0.2) is 0 Å². The Hall–Kier alpha value is -1.40. The number of rotatable bonds is 4. The van der Waals surface area contributed by atoms with Crippen LogP contribution in [0, 0.1) is 19.8 Å². The molecule has 1 aromatic heterocycles. The summed E-state index contributed by atoms with van der Waals surface area (Å²) < 4.78 is 5.77. The summed E-state index contributed by atoms with van der Waals surface area (Å²) in [6.45, 7) is 4.69. The fourth-order valence-electron chi connectivity index (χ4n) is 3.72. The highest BCUT2D eigenvalue weighted by Crippen LogP contribution is 2.41. The number of amides is 1. The van der Waals surface area contributed by atoms with Crippen molar-refractivity contribution in [2.24, 2.45) is 5.92 Å². The Morgan fingerprint density at radius 2 is 2.24 bits per heavy atom. The second-order valence-electron chi connectivity index (χ2n) is 6.42. The number of carbonyl (C=O) groups excluding carboxylic acids is 1. The first-order valence-electron chi connectivity index (χ1n) is 7.57. The van der Waals surface area contributed by atoms with Gasteiger partial charge in [-0.3, -0.25) is 9.89 Å². The number of H-pyrrole nitrogens is 1. The standard InChI is InChI=1S/C15H24N4O2/c1-8-11(9(2)18-17-8)7-12(20)16-13-10-5-6-21-15(10)14(13)19(3)4/h10,13-15H,5-7H2,1-4H3,(H,16,20)(H,17,18)/t10-,13+,14-,15-/m1/s1. The molecule has 4 atom stereocenters. The number of fused-ring (bicyclic) bond motifs is 1. The number of carbonyl (C=O) groups is 1. The summed E-state index contributed by atoms with van der Waals surface area (Å²) in [5.74, 6) is 0.540. The Bertz CT molecular complexity index is 520. The lowest BCUT2D eigenvalue weighted by molar-refractivity contribution is -0.127. The van der Waals surface area contributed by atoms with Crippen molar-refractivity contribution in [3.63, 3.8) is 0 Å². The number of hydrogen-bond acceptors (Lipinski definition) is 4. The predicted molar refractivity (Wildman–Crippen MR) is 79.0 cm³/mol. The molecule has 0 radical (unpaired) electrons. The quantitative estimate of drug-likeness (QED) is 0.843. The number of ether oxygens (including phenoxy) is 1. The van der Waals surface area contributed by atoms with Crippen LogP contribution in [-0.2, 0) is 16.0 Å². The summed E-state index contributed by atoms with van der Waals surface area (Å²) in [6, 6.07) is 0.487. The van der Waals surface area contributed by atoms with Crippen LogP contribution in [0.1, 0.15) is 23.4 Å². The Kier molecular flexibility index (Phi) is 3.75. The molecule has 2 aliphatic rings. The molecule has 0 aromatic carbocycles. The van der Waals surface area contributed by atoms with E-state index >= 15 is 0 Å². The van der Waals surface area contributed by atoms with Gasteiger partial charge in [0.1, 0.15) is 0 Å². The third-order valence-corrected chi connectivity index (χ3v) is 4.89. The molecular formula is C15H24N4O2. The number of aromatic amines is 1. The van der Waals surface area contributed by atoms with Crippen molar-refractivity contribution in [3.8, 4) is 0 Å². The maximum Gasteiger partial charge on any atom is 0.224 e. The van der Waals surface area contributed by atoms with Gasteiger partial charge in [-0.2, -0.15) is 5.10 Å². The smallest absolute Gasteiger partial charge is 0.224 e. The van der Waals surface area contributed by atoms with Crippen LogP contribution in [-0.4, -0.2) is 59.9 Å². The van der Waals surface area contributed by atoms with E-state index in [0.29, 0.717) is 12.3 Å². The van der Waals surface area contributed by atoms with Gasteiger partial charge in [0.05, 0.1) is 30.3 Å². The monoisotopic (exact) mass is 292 g/mol. The lowest BCUT2D eigenvalue weighted by atomic mass is 9.71. The molecule has 0 unspecified atom stereocenters. The minimum atomic E-state index is 0.0739. The van der Waals surface area contributed by atoms with Gasteiger partial charge in [-0.25, -0.2) is 0 Å².